The van der Waals surface area contributed by atoms with Crippen molar-refractivity contribution in [3.8, 4) is 11.5 Å². The van der Waals surface area contributed by atoms with E-state index in [1.54, 1.807) is 79.0 Å². The van der Waals surface area contributed by atoms with Crippen molar-refractivity contribution >= 4 is 63.7 Å². The lowest BCUT2D eigenvalue weighted by Gasteiger charge is -2.13. The van der Waals surface area contributed by atoms with Crippen molar-refractivity contribution in [3.63, 3.8) is 0 Å². The normalized spacial score (nSPS) is 10.9. The summed E-state index contributed by atoms with van der Waals surface area (Å²) >= 11 is 2.49. The van der Waals surface area contributed by atoms with Crippen molar-refractivity contribution < 1.29 is 33.4 Å². The summed E-state index contributed by atoms with van der Waals surface area (Å²) in [5.74, 6) is -0.583. The number of ether oxygens (including phenoxy) is 3. The van der Waals surface area contributed by atoms with Gasteiger partial charge in [-0.1, -0.05) is 24.3 Å². The molecule has 3 N–H and O–H groups in total. The Morgan fingerprint density at radius 3 is 2.48 bits per heavy atom. The van der Waals surface area contributed by atoms with Crippen LogP contribution in [0.15, 0.2) is 88.8 Å². The van der Waals surface area contributed by atoms with Gasteiger partial charge in [-0.2, -0.15) is 0 Å². The Bertz CT molecular complexity index is 1720. The van der Waals surface area contributed by atoms with Gasteiger partial charge in [0.1, 0.15) is 17.2 Å². The Morgan fingerprint density at radius 2 is 1.74 bits per heavy atom. The fourth-order valence-electron chi connectivity index (χ4n) is 4.01. The lowest BCUT2D eigenvalue weighted by atomic mass is 10.1. The van der Waals surface area contributed by atoms with Crippen molar-refractivity contribution in [2.75, 3.05) is 37.2 Å². The molecule has 0 radical (unpaired) electrons. The molecule has 0 aliphatic heterocycles. The van der Waals surface area contributed by atoms with Gasteiger partial charge in [-0.15, -0.1) is 23.1 Å². The van der Waals surface area contributed by atoms with Crippen molar-refractivity contribution in [1.29, 1.82) is 0 Å². The molecule has 0 bridgehead atoms. The van der Waals surface area contributed by atoms with Crippen LogP contribution in [0.5, 0.6) is 11.5 Å². The molecular formula is C33H32N4O7S2. The topological polar surface area (TPSA) is 145 Å². The van der Waals surface area contributed by atoms with E-state index in [1.165, 1.54) is 43.4 Å². The molecule has 0 aliphatic rings. The summed E-state index contributed by atoms with van der Waals surface area (Å²) in [7, 11) is 3.03. The van der Waals surface area contributed by atoms with Crippen LogP contribution in [0.25, 0.3) is 6.08 Å². The summed E-state index contributed by atoms with van der Waals surface area (Å²) in [6.07, 6.45) is 1.56. The number of nitrogens with zero attached hydrogens (tertiary/aromatic N) is 1. The zero-order valence-electron chi connectivity index (χ0n) is 25.3. The number of hydrogen-bond acceptors (Lipinski definition) is 10. The average molecular weight is 661 g/mol. The van der Waals surface area contributed by atoms with E-state index in [0.717, 1.165) is 4.90 Å². The molecule has 3 aromatic carbocycles. The zero-order valence-corrected chi connectivity index (χ0v) is 27.0. The molecule has 0 aliphatic carbocycles. The molecule has 0 atom stereocenters. The quantitative estimate of drug-likeness (QED) is 0.0919. The van der Waals surface area contributed by atoms with Crippen LogP contribution in [0.4, 0.5) is 10.8 Å². The third-order valence-corrected chi connectivity index (χ3v) is 7.96. The highest BCUT2D eigenvalue weighted by Crippen LogP contribution is 2.27. The van der Waals surface area contributed by atoms with Gasteiger partial charge in [0.15, 0.2) is 5.13 Å². The average Bonchev–Trinajstić information content (AvgIpc) is 3.50. The molecule has 13 heteroatoms. The Labute approximate surface area is 274 Å². The van der Waals surface area contributed by atoms with Gasteiger partial charge < -0.3 is 30.2 Å². The first-order chi connectivity index (χ1) is 22.3. The highest BCUT2D eigenvalue weighted by atomic mass is 32.2. The molecule has 1 heterocycles. The molecule has 1 aromatic heterocycles. The number of anilines is 2. The Kier molecular flexibility index (Phi) is 12.3. The maximum absolute atomic E-state index is 13.5. The minimum absolute atomic E-state index is 0.0134. The summed E-state index contributed by atoms with van der Waals surface area (Å²) in [6.45, 7) is 2.02. The second-order valence-corrected chi connectivity index (χ2v) is 11.3. The fourth-order valence-corrected chi connectivity index (χ4v) is 5.49. The van der Waals surface area contributed by atoms with Crippen molar-refractivity contribution in [1.82, 2.24) is 10.3 Å². The van der Waals surface area contributed by atoms with E-state index in [2.05, 4.69) is 20.9 Å². The molecule has 0 fully saturated rings. The second-order valence-electron chi connectivity index (χ2n) is 9.43. The van der Waals surface area contributed by atoms with Crippen LogP contribution in [0.2, 0.25) is 0 Å². The standard InChI is InChI=1S/C33H32N4O7S2/c1-4-44-30(39)17-24-19-46-33(35-24)37-29(38)20-45-26-12-8-11-23(16-26)34-32(41)27(36-31(40)21-9-6-5-7-10-21)15-22-13-14-25(42-2)18-28(22)43-3/h5-16,18-19H,4,17,20H2,1-3H3,(H,34,41)(H,36,40)(H,35,37,38)/b27-15+. The number of aromatic nitrogens is 1. The number of benzene rings is 3. The molecule has 4 rings (SSSR count). The first kappa shape index (κ1) is 33.7. The maximum atomic E-state index is 13.5. The number of esters is 1. The highest BCUT2D eigenvalue weighted by molar-refractivity contribution is 8.00. The number of carbonyl (C=O) groups is 4. The lowest BCUT2D eigenvalue weighted by Crippen LogP contribution is -2.30. The summed E-state index contributed by atoms with van der Waals surface area (Å²) in [4.78, 5) is 55.8. The molecule has 0 saturated carbocycles. The number of rotatable bonds is 14. The Hall–Kier alpha value is -5.14. The van der Waals surface area contributed by atoms with Gasteiger partial charge in [0.2, 0.25) is 5.91 Å². The smallest absolute Gasteiger partial charge is 0.311 e. The summed E-state index contributed by atoms with van der Waals surface area (Å²) < 4.78 is 15.7. The third kappa shape index (κ3) is 9.94. The molecule has 4 aromatic rings. The van der Waals surface area contributed by atoms with Crippen LogP contribution in [0.1, 0.15) is 28.5 Å². The van der Waals surface area contributed by atoms with Gasteiger partial charge in [0.25, 0.3) is 11.8 Å². The molecule has 3 amide bonds. The van der Waals surface area contributed by atoms with E-state index in [1.807, 2.05) is 6.07 Å². The molecule has 46 heavy (non-hydrogen) atoms. The summed E-state index contributed by atoms with van der Waals surface area (Å²) in [5, 5.41) is 10.4. The second kappa shape index (κ2) is 16.8. The largest absolute Gasteiger partial charge is 0.497 e. The first-order valence-corrected chi connectivity index (χ1v) is 15.9. The van der Waals surface area contributed by atoms with E-state index in [0.29, 0.717) is 39.1 Å². The number of thiazole rings is 1. The number of amides is 3. The molecule has 238 valence electrons. The number of thioether (sulfide) groups is 1. The molecular weight excluding hydrogens is 629 g/mol. The minimum Gasteiger partial charge on any atom is -0.497 e. The van der Waals surface area contributed by atoms with Crippen molar-refractivity contribution in [3.05, 3.63) is 101 Å². The van der Waals surface area contributed by atoms with Crippen LogP contribution in [-0.4, -0.2) is 55.3 Å². The molecule has 0 unspecified atom stereocenters. The predicted octanol–water partition coefficient (Wildman–Crippen LogP) is 5.41. The van der Waals surface area contributed by atoms with E-state index >= 15 is 0 Å². The lowest BCUT2D eigenvalue weighted by molar-refractivity contribution is -0.142. The number of hydrogen-bond donors (Lipinski definition) is 3. The monoisotopic (exact) mass is 660 g/mol. The van der Waals surface area contributed by atoms with Gasteiger partial charge in [-0.25, -0.2) is 4.98 Å². The van der Waals surface area contributed by atoms with Crippen LogP contribution >= 0.6 is 23.1 Å². The molecule has 0 spiro atoms. The number of nitrogens with one attached hydrogen (secondary N) is 3. The van der Waals surface area contributed by atoms with Gasteiger partial charge in [-0.3, -0.25) is 19.2 Å². The first-order valence-electron chi connectivity index (χ1n) is 14.0. The van der Waals surface area contributed by atoms with Crippen molar-refractivity contribution in [2.24, 2.45) is 0 Å². The van der Waals surface area contributed by atoms with Crippen LogP contribution < -0.4 is 25.4 Å². The zero-order chi connectivity index (χ0) is 32.9. The number of methoxy groups -OCH3 is 2. The third-order valence-electron chi connectivity index (χ3n) is 6.16. The van der Waals surface area contributed by atoms with Crippen LogP contribution in [-0.2, 0) is 25.5 Å². The van der Waals surface area contributed by atoms with E-state index < -0.39 is 11.8 Å². The highest BCUT2D eigenvalue weighted by Gasteiger charge is 2.17. The number of carbonyl (C=O) groups excluding carboxylic acids is 4. The Balaban J connectivity index is 1.44. The maximum Gasteiger partial charge on any atom is 0.311 e. The summed E-state index contributed by atoms with van der Waals surface area (Å²) in [6, 6.07) is 20.6. The fraction of sp³-hybridized carbons (Fsp3) is 0.182. The van der Waals surface area contributed by atoms with E-state index in [9.17, 15) is 19.2 Å². The van der Waals surface area contributed by atoms with Gasteiger partial charge in [0.05, 0.1) is 38.7 Å². The summed E-state index contributed by atoms with van der Waals surface area (Å²) in [5.41, 5.74) is 1.90. The van der Waals surface area contributed by atoms with Crippen LogP contribution in [0, 0.1) is 0 Å². The molecule has 11 nitrogen and oxygen atoms in total. The van der Waals surface area contributed by atoms with E-state index in [-0.39, 0.29) is 36.4 Å². The molecule has 0 saturated heterocycles. The Morgan fingerprint density at radius 1 is 0.935 bits per heavy atom. The minimum atomic E-state index is -0.565. The van der Waals surface area contributed by atoms with E-state index in [4.69, 9.17) is 14.2 Å². The van der Waals surface area contributed by atoms with Gasteiger partial charge in [-0.05, 0) is 55.5 Å². The van der Waals surface area contributed by atoms with Gasteiger partial charge >= 0.3 is 5.97 Å². The predicted molar refractivity (Wildman–Crippen MR) is 178 cm³/mol. The van der Waals surface area contributed by atoms with Crippen molar-refractivity contribution in [2.45, 2.75) is 18.2 Å². The SMILES string of the molecule is CCOC(=O)Cc1csc(NC(=O)CSc2cccc(NC(=O)/C(=C\c3ccc(OC)cc3OC)NC(=O)c3ccccc3)c2)n1. The van der Waals surface area contributed by atoms with Gasteiger partial charge in [0, 0.05) is 33.2 Å². The van der Waals surface area contributed by atoms with Crippen LogP contribution in [0.3, 0.4) is 0 Å².